The summed E-state index contributed by atoms with van der Waals surface area (Å²) in [7, 11) is 0. The molecule has 1 atom stereocenters. The van der Waals surface area contributed by atoms with Crippen molar-refractivity contribution in [3.63, 3.8) is 0 Å². The molecule has 4 nitrogen and oxygen atoms in total. The molecule has 122 valence electrons. The normalized spacial score (nSPS) is 16.9. The average molecular weight is 303 g/mol. The number of carbonyl (C=O) groups is 1. The molecule has 0 saturated carbocycles. The fourth-order valence-corrected chi connectivity index (χ4v) is 2.89. The van der Waals surface area contributed by atoms with Gasteiger partial charge in [0.1, 0.15) is 0 Å². The predicted octanol–water partition coefficient (Wildman–Crippen LogP) is 2.07. The maximum atomic E-state index is 11.9. The number of benzene rings is 1. The Labute approximate surface area is 134 Å². The van der Waals surface area contributed by atoms with Gasteiger partial charge in [-0.3, -0.25) is 9.69 Å². The van der Waals surface area contributed by atoms with Crippen LogP contribution in [0.15, 0.2) is 24.3 Å². The largest absolute Gasteiger partial charge is 0.354 e. The number of hydrogen-bond acceptors (Lipinski definition) is 3. The zero-order valence-electron chi connectivity index (χ0n) is 14.1. The highest BCUT2D eigenvalue weighted by Crippen LogP contribution is 2.24. The van der Waals surface area contributed by atoms with E-state index in [-0.39, 0.29) is 17.5 Å². The molecule has 0 spiro atoms. The van der Waals surface area contributed by atoms with E-state index in [1.54, 1.807) is 0 Å². The quantitative estimate of drug-likeness (QED) is 0.846. The van der Waals surface area contributed by atoms with Crippen LogP contribution in [0.25, 0.3) is 0 Å². The van der Waals surface area contributed by atoms with E-state index in [1.165, 1.54) is 11.1 Å². The molecule has 0 aromatic heterocycles. The Bertz CT molecular complexity index is 511. The molecule has 1 unspecified atom stereocenters. The van der Waals surface area contributed by atoms with Crippen molar-refractivity contribution < 1.29 is 4.79 Å². The summed E-state index contributed by atoms with van der Waals surface area (Å²) in [6.45, 7) is 9.01. The average Bonchev–Trinajstić information content (AvgIpc) is 2.50. The van der Waals surface area contributed by atoms with Gasteiger partial charge in [-0.1, -0.05) is 24.3 Å². The molecular weight excluding hydrogens is 274 g/mol. The van der Waals surface area contributed by atoms with Crippen LogP contribution in [0.4, 0.5) is 0 Å². The zero-order chi connectivity index (χ0) is 16.2. The standard InChI is InChI=1S/C18H29N3O/c1-14(19)8-9-17(22)20-13-18(2,3)21-11-10-15-6-4-5-7-16(15)12-21/h4-7,14H,8-13,19H2,1-3H3,(H,20,22). The van der Waals surface area contributed by atoms with E-state index in [0.717, 1.165) is 25.9 Å². The van der Waals surface area contributed by atoms with Gasteiger partial charge < -0.3 is 11.1 Å². The van der Waals surface area contributed by atoms with Crippen LogP contribution in [0.3, 0.4) is 0 Å². The molecule has 1 heterocycles. The molecule has 2 rings (SSSR count). The van der Waals surface area contributed by atoms with Gasteiger partial charge in [0, 0.05) is 37.6 Å². The van der Waals surface area contributed by atoms with E-state index in [4.69, 9.17) is 5.73 Å². The Balaban J connectivity index is 1.87. The van der Waals surface area contributed by atoms with Crippen molar-refractivity contribution in [1.82, 2.24) is 10.2 Å². The minimum absolute atomic E-state index is 0.0441. The summed E-state index contributed by atoms with van der Waals surface area (Å²) in [5.74, 6) is 0.0998. The number of hydrogen-bond donors (Lipinski definition) is 2. The van der Waals surface area contributed by atoms with Crippen molar-refractivity contribution in [2.24, 2.45) is 5.73 Å². The summed E-state index contributed by atoms with van der Waals surface area (Å²) in [5.41, 5.74) is 8.51. The van der Waals surface area contributed by atoms with Crippen molar-refractivity contribution in [2.45, 2.75) is 58.2 Å². The Morgan fingerprint density at radius 2 is 2.05 bits per heavy atom. The molecule has 1 aromatic rings. The van der Waals surface area contributed by atoms with E-state index in [2.05, 4.69) is 48.3 Å². The van der Waals surface area contributed by atoms with Crippen LogP contribution in [0.5, 0.6) is 0 Å². The minimum Gasteiger partial charge on any atom is -0.354 e. The van der Waals surface area contributed by atoms with Gasteiger partial charge in [0.05, 0.1) is 0 Å². The molecule has 0 aliphatic carbocycles. The van der Waals surface area contributed by atoms with Gasteiger partial charge in [-0.05, 0) is 44.7 Å². The molecule has 1 aliphatic heterocycles. The smallest absolute Gasteiger partial charge is 0.220 e. The maximum absolute atomic E-state index is 11.9. The summed E-state index contributed by atoms with van der Waals surface area (Å²) in [5, 5.41) is 3.06. The maximum Gasteiger partial charge on any atom is 0.220 e. The Morgan fingerprint density at radius 3 is 2.73 bits per heavy atom. The number of carbonyl (C=O) groups excluding carboxylic acids is 1. The van der Waals surface area contributed by atoms with Crippen molar-refractivity contribution >= 4 is 5.91 Å². The molecule has 3 N–H and O–H groups in total. The Morgan fingerprint density at radius 1 is 1.36 bits per heavy atom. The molecule has 0 saturated heterocycles. The van der Waals surface area contributed by atoms with E-state index >= 15 is 0 Å². The lowest BCUT2D eigenvalue weighted by molar-refractivity contribution is -0.121. The van der Waals surface area contributed by atoms with Crippen molar-refractivity contribution in [2.75, 3.05) is 13.1 Å². The molecule has 0 bridgehead atoms. The topological polar surface area (TPSA) is 58.4 Å². The second-order valence-electron chi connectivity index (χ2n) is 7.05. The fraction of sp³-hybridized carbons (Fsp3) is 0.611. The van der Waals surface area contributed by atoms with Gasteiger partial charge in [0.15, 0.2) is 0 Å². The lowest BCUT2D eigenvalue weighted by atomic mass is 9.94. The van der Waals surface area contributed by atoms with Crippen LogP contribution in [0.1, 0.15) is 44.7 Å². The second kappa shape index (κ2) is 7.25. The van der Waals surface area contributed by atoms with Crippen LogP contribution >= 0.6 is 0 Å². The summed E-state index contributed by atoms with van der Waals surface area (Å²) < 4.78 is 0. The number of amides is 1. The van der Waals surface area contributed by atoms with Crippen LogP contribution in [-0.4, -0.2) is 35.5 Å². The first-order chi connectivity index (χ1) is 10.4. The first-order valence-corrected chi connectivity index (χ1v) is 8.22. The zero-order valence-corrected chi connectivity index (χ0v) is 14.1. The lowest BCUT2D eigenvalue weighted by Gasteiger charge is -2.41. The molecule has 1 aromatic carbocycles. The molecule has 1 aliphatic rings. The second-order valence-corrected chi connectivity index (χ2v) is 7.05. The molecule has 0 fully saturated rings. The van der Waals surface area contributed by atoms with Crippen LogP contribution < -0.4 is 11.1 Å². The summed E-state index contributed by atoms with van der Waals surface area (Å²) in [6.07, 6.45) is 2.33. The third-order valence-corrected chi connectivity index (χ3v) is 4.53. The van der Waals surface area contributed by atoms with E-state index in [0.29, 0.717) is 13.0 Å². The van der Waals surface area contributed by atoms with Gasteiger partial charge in [0.2, 0.25) is 5.91 Å². The van der Waals surface area contributed by atoms with Gasteiger partial charge in [0.25, 0.3) is 0 Å². The van der Waals surface area contributed by atoms with Crippen LogP contribution in [0.2, 0.25) is 0 Å². The number of rotatable bonds is 6. The van der Waals surface area contributed by atoms with Crippen molar-refractivity contribution in [3.8, 4) is 0 Å². The van der Waals surface area contributed by atoms with Gasteiger partial charge >= 0.3 is 0 Å². The van der Waals surface area contributed by atoms with Crippen LogP contribution in [0, 0.1) is 0 Å². The van der Waals surface area contributed by atoms with Gasteiger partial charge in [-0.2, -0.15) is 0 Å². The lowest BCUT2D eigenvalue weighted by Crippen LogP contribution is -2.53. The fourth-order valence-electron chi connectivity index (χ4n) is 2.89. The van der Waals surface area contributed by atoms with E-state index in [9.17, 15) is 4.79 Å². The molecule has 4 heteroatoms. The highest BCUT2D eigenvalue weighted by molar-refractivity contribution is 5.75. The first-order valence-electron chi connectivity index (χ1n) is 8.22. The highest BCUT2D eigenvalue weighted by atomic mass is 16.1. The summed E-state index contributed by atoms with van der Waals surface area (Å²) in [6, 6.07) is 8.72. The summed E-state index contributed by atoms with van der Waals surface area (Å²) in [4.78, 5) is 14.3. The van der Waals surface area contributed by atoms with Gasteiger partial charge in [-0.15, -0.1) is 0 Å². The Hall–Kier alpha value is -1.39. The number of nitrogens with one attached hydrogen (secondary N) is 1. The van der Waals surface area contributed by atoms with Crippen molar-refractivity contribution in [1.29, 1.82) is 0 Å². The third kappa shape index (κ3) is 4.55. The van der Waals surface area contributed by atoms with Gasteiger partial charge in [-0.25, -0.2) is 0 Å². The monoisotopic (exact) mass is 303 g/mol. The highest BCUT2D eigenvalue weighted by Gasteiger charge is 2.29. The first kappa shape index (κ1) is 17.0. The molecule has 22 heavy (non-hydrogen) atoms. The number of nitrogens with two attached hydrogens (primary N) is 1. The van der Waals surface area contributed by atoms with Crippen LogP contribution in [-0.2, 0) is 17.8 Å². The third-order valence-electron chi connectivity index (χ3n) is 4.53. The molecule has 0 radical (unpaired) electrons. The van der Waals surface area contributed by atoms with E-state index in [1.807, 2.05) is 6.92 Å². The summed E-state index contributed by atoms with van der Waals surface area (Å²) >= 11 is 0. The Kier molecular flexibility index (Phi) is 5.59. The van der Waals surface area contributed by atoms with E-state index < -0.39 is 0 Å². The minimum atomic E-state index is -0.0441. The number of nitrogens with zero attached hydrogens (tertiary/aromatic N) is 1. The number of fused-ring (bicyclic) bond motifs is 1. The molecule has 1 amide bonds. The molecular formula is C18H29N3O. The predicted molar refractivity (Wildman–Crippen MR) is 90.5 cm³/mol. The SMILES string of the molecule is CC(N)CCC(=O)NCC(C)(C)N1CCc2ccccc2C1. The van der Waals surface area contributed by atoms with Crippen molar-refractivity contribution in [3.05, 3.63) is 35.4 Å².